The highest BCUT2D eigenvalue weighted by Gasteiger charge is 2.24. The van der Waals surface area contributed by atoms with Gasteiger partial charge in [0.15, 0.2) is 0 Å². The van der Waals surface area contributed by atoms with Crippen LogP contribution in [0.3, 0.4) is 0 Å². The first-order valence-electron chi connectivity index (χ1n) is 9.44. The molecule has 1 aliphatic carbocycles. The summed E-state index contributed by atoms with van der Waals surface area (Å²) in [7, 11) is 0. The molecule has 1 saturated carbocycles. The molecule has 1 aliphatic rings. The van der Waals surface area contributed by atoms with Crippen LogP contribution in [0.25, 0.3) is 0 Å². The largest absolute Gasteiger partial charge is 0.370 e. The highest BCUT2D eigenvalue weighted by atomic mass is 16.2. The number of hydrogen-bond donors (Lipinski definition) is 3. The predicted octanol–water partition coefficient (Wildman–Crippen LogP) is 1.68. The van der Waals surface area contributed by atoms with E-state index < -0.39 is 11.9 Å². The van der Waals surface area contributed by atoms with Crippen molar-refractivity contribution in [1.29, 1.82) is 0 Å². The zero-order valence-electron chi connectivity index (χ0n) is 15.2. The van der Waals surface area contributed by atoms with E-state index in [1.165, 1.54) is 6.42 Å². The van der Waals surface area contributed by atoms with Crippen LogP contribution in [0, 0.1) is 5.92 Å². The monoisotopic (exact) mass is 359 g/mol. The molecule has 1 aromatic rings. The maximum atomic E-state index is 12.4. The molecule has 142 valence electrons. The minimum Gasteiger partial charge on any atom is -0.370 e. The zero-order chi connectivity index (χ0) is 18.8. The van der Waals surface area contributed by atoms with E-state index >= 15 is 0 Å². The molecule has 0 radical (unpaired) electrons. The molecule has 26 heavy (non-hydrogen) atoms. The Labute approximate surface area is 154 Å². The van der Waals surface area contributed by atoms with Crippen molar-refractivity contribution in [1.82, 2.24) is 10.6 Å². The van der Waals surface area contributed by atoms with Crippen molar-refractivity contribution in [3.05, 3.63) is 35.9 Å². The molecule has 6 nitrogen and oxygen atoms in total. The summed E-state index contributed by atoms with van der Waals surface area (Å²) in [6.45, 7) is 0.441. The maximum absolute atomic E-state index is 12.4. The average molecular weight is 359 g/mol. The van der Waals surface area contributed by atoms with Crippen molar-refractivity contribution in [3.8, 4) is 0 Å². The third-order valence-electron chi connectivity index (χ3n) is 4.81. The minimum atomic E-state index is -0.903. The van der Waals surface area contributed by atoms with Gasteiger partial charge in [-0.2, -0.15) is 0 Å². The van der Waals surface area contributed by atoms with Crippen molar-refractivity contribution in [2.24, 2.45) is 11.7 Å². The van der Waals surface area contributed by atoms with Crippen LogP contribution in [0.5, 0.6) is 0 Å². The predicted molar refractivity (Wildman–Crippen MR) is 100 cm³/mol. The normalized spacial score (nSPS) is 15.8. The van der Waals surface area contributed by atoms with E-state index in [1.54, 1.807) is 0 Å². The summed E-state index contributed by atoms with van der Waals surface area (Å²) in [6.07, 6.45) is 6.55. The SMILES string of the molecule is NC(=O)CC(NC(=O)CC1CCCCC1)C(=O)NCCc1ccccc1. The van der Waals surface area contributed by atoms with Crippen molar-refractivity contribution in [2.45, 2.75) is 57.4 Å². The molecular formula is C20H29N3O3. The van der Waals surface area contributed by atoms with E-state index in [0.29, 0.717) is 25.3 Å². The number of primary amides is 1. The van der Waals surface area contributed by atoms with Gasteiger partial charge in [-0.1, -0.05) is 49.6 Å². The van der Waals surface area contributed by atoms with Gasteiger partial charge in [0.2, 0.25) is 17.7 Å². The van der Waals surface area contributed by atoms with Crippen LogP contribution in [-0.4, -0.2) is 30.3 Å². The fourth-order valence-electron chi connectivity index (χ4n) is 3.42. The number of carbonyl (C=O) groups is 3. The lowest BCUT2D eigenvalue weighted by Crippen LogP contribution is -2.49. The van der Waals surface area contributed by atoms with Gasteiger partial charge in [-0.25, -0.2) is 0 Å². The Balaban J connectivity index is 1.81. The molecule has 0 spiro atoms. The highest BCUT2D eigenvalue weighted by Crippen LogP contribution is 2.26. The van der Waals surface area contributed by atoms with E-state index in [0.717, 1.165) is 31.2 Å². The molecule has 1 aromatic carbocycles. The van der Waals surface area contributed by atoms with Gasteiger partial charge in [-0.15, -0.1) is 0 Å². The number of rotatable bonds is 9. The molecule has 0 aromatic heterocycles. The van der Waals surface area contributed by atoms with Crippen LogP contribution in [-0.2, 0) is 20.8 Å². The van der Waals surface area contributed by atoms with Gasteiger partial charge in [-0.05, 0) is 30.7 Å². The van der Waals surface area contributed by atoms with Crippen LogP contribution in [0.15, 0.2) is 30.3 Å². The summed E-state index contributed by atoms with van der Waals surface area (Å²) in [4.78, 5) is 35.9. The van der Waals surface area contributed by atoms with Crippen LogP contribution in [0.1, 0.15) is 50.5 Å². The minimum absolute atomic E-state index is 0.179. The quantitative estimate of drug-likeness (QED) is 0.625. The first-order valence-corrected chi connectivity index (χ1v) is 9.44. The number of carbonyl (C=O) groups excluding carboxylic acids is 3. The molecule has 6 heteroatoms. The summed E-state index contributed by atoms with van der Waals surface area (Å²) in [6, 6.07) is 8.89. The number of amides is 3. The molecule has 0 aliphatic heterocycles. The molecule has 4 N–H and O–H groups in total. The van der Waals surface area contributed by atoms with E-state index in [9.17, 15) is 14.4 Å². The van der Waals surface area contributed by atoms with Crippen molar-refractivity contribution < 1.29 is 14.4 Å². The number of benzene rings is 1. The summed E-state index contributed by atoms with van der Waals surface area (Å²) < 4.78 is 0. The Hall–Kier alpha value is -2.37. The Morgan fingerprint density at radius 2 is 1.77 bits per heavy atom. The maximum Gasteiger partial charge on any atom is 0.243 e. The van der Waals surface area contributed by atoms with Crippen LogP contribution in [0.2, 0.25) is 0 Å². The summed E-state index contributed by atoms with van der Waals surface area (Å²) >= 11 is 0. The molecule has 0 bridgehead atoms. The van der Waals surface area contributed by atoms with E-state index in [1.807, 2.05) is 30.3 Å². The fraction of sp³-hybridized carbons (Fsp3) is 0.550. The Kier molecular flexibility index (Phi) is 8.12. The van der Waals surface area contributed by atoms with Crippen molar-refractivity contribution >= 4 is 17.7 Å². The first-order chi connectivity index (χ1) is 12.5. The highest BCUT2D eigenvalue weighted by molar-refractivity contribution is 5.91. The van der Waals surface area contributed by atoms with Gasteiger partial charge in [-0.3, -0.25) is 14.4 Å². The average Bonchev–Trinajstić information content (AvgIpc) is 2.62. The van der Waals surface area contributed by atoms with Crippen LogP contribution < -0.4 is 16.4 Å². The smallest absolute Gasteiger partial charge is 0.243 e. The topological polar surface area (TPSA) is 101 Å². The molecule has 2 rings (SSSR count). The third kappa shape index (κ3) is 7.25. The van der Waals surface area contributed by atoms with Gasteiger partial charge in [0.1, 0.15) is 6.04 Å². The summed E-state index contributed by atoms with van der Waals surface area (Å²) in [5.41, 5.74) is 6.35. The van der Waals surface area contributed by atoms with E-state index in [-0.39, 0.29) is 18.2 Å². The standard InChI is InChI=1S/C20H29N3O3/c21-18(24)14-17(23-19(25)13-16-9-5-2-6-10-16)20(26)22-12-11-15-7-3-1-4-8-15/h1,3-4,7-8,16-17H,2,5-6,9-14H2,(H2,21,24)(H,22,26)(H,23,25). The summed E-state index contributed by atoms with van der Waals surface area (Å²) in [5.74, 6) is -0.775. The number of hydrogen-bond acceptors (Lipinski definition) is 3. The first kappa shape index (κ1) is 19.9. The van der Waals surface area contributed by atoms with Gasteiger partial charge in [0.05, 0.1) is 6.42 Å². The lowest BCUT2D eigenvalue weighted by atomic mass is 9.87. The second-order valence-electron chi connectivity index (χ2n) is 7.03. The summed E-state index contributed by atoms with van der Waals surface area (Å²) in [5, 5.41) is 5.48. The molecule has 1 fully saturated rings. The lowest BCUT2D eigenvalue weighted by molar-refractivity contribution is -0.131. The third-order valence-corrected chi connectivity index (χ3v) is 4.81. The van der Waals surface area contributed by atoms with Crippen LogP contribution >= 0.6 is 0 Å². The Morgan fingerprint density at radius 3 is 2.42 bits per heavy atom. The number of nitrogens with one attached hydrogen (secondary N) is 2. The molecule has 1 unspecified atom stereocenters. The van der Waals surface area contributed by atoms with Gasteiger partial charge < -0.3 is 16.4 Å². The van der Waals surface area contributed by atoms with Gasteiger partial charge in [0.25, 0.3) is 0 Å². The Bertz CT molecular complexity index is 598. The van der Waals surface area contributed by atoms with E-state index in [2.05, 4.69) is 10.6 Å². The lowest BCUT2D eigenvalue weighted by Gasteiger charge is -2.23. The molecule has 1 atom stereocenters. The second-order valence-corrected chi connectivity index (χ2v) is 7.03. The van der Waals surface area contributed by atoms with Crippen LogP contribution in [0.4, 0.5) is 0 Å². The fourth-order valence-corrected chi connectivity index (χ4v) is 3.42. The number of nitrogens with two attached hydrogens (primary N) is 1. The van der Waals surface area contributed by atoms with Crippen molar-refractivity contribution in [2.75, 3.05) is 6.54 Å². The molecule has 0 saturated heterocycles. The van der Waals surface area contributed by atoms with Crippen molar-refractivity contribution in [3.63, 3.8) is 0 Å². The van der Waals surface area contributed by atoms with Gasteiger partial charge >= 0.3 is 0 Å². The van der Waals surface area contributed by atoms with Gasteiger partial charge in [0, 0.05) is 13.0 Å². The Morgan fingerprint density at radius 1 is 1.08 bits per heavy atom. The zero-order valence-corrected chi connectivity index (χ0v) is 15.2. The molecule has 0 heterocycles. The molecule has 3 amide bonds. The van der Waals surface area contributed by atoms with E-state index in [4.69, 9.17) is 5.73 Å². The second kappa shape index (κ2) is 10.6. The molecular weight excluding hydrogens is 330 g/mol.